The Morgan fingerprint density at radius 3 is 2.85 bits per heavy atom. The largest absolute Gasteiger partial charge is 0.335 e. The molecule has 1 heterocycles. The number of hydrogen-bond acceptors (Lipinski definition) is 2. The van der Waals surface area contributed by atoms with E-state index >= 15 is 0 Å². The summed E-state index contributed by atoms with van der Waals surface area (Å²) < 4.78 is 16.2. The van der Waals surface area contributed by atoms with Crippen LogP contribution in [-0.4, -0.2) is 16.1 Å². The van der Waals surface area contributed by atoms with Gasteiger partial charge in [0, 0.05) is 31.9 Å². The van der Waals surface area contributed by atoms with Crippen LogP contribution in [0.5, 0.6) is 0 Å². The van der Waals surface area contributed by atoms with Gasteiger partial charge in [0.1, 0.15) is 11.6 Å². The van der Waals surface area contributed by atoms with Crippen molar-refractivity contribution in [1.82, 2.24) is 14.9 Å². The molecule has 0 fully saturated rings. The molecular weight excluding hydrogens is 253 g/mol. The summed E-state index contributed by atoms with van der Waals surface area (Å²) in [5, 5.41) is 3.28. The Morgan fingerprint density at radius 2 is 2.15 bits per heavy atom. The van der Waals surface area contributed by atoms with E-state index in [2.05, 4.69) is 24.1 Å². The second-order valence-electron chi connectivity index (χ2n) is 4.91. The molecule has 108 valence electrons. The highest BCUT2D eigenvalue weighted by atomic mass is 19.1. The third kappa shape index (κ3) is 3.67. The molecule has 0 radical (unpaired) electrons. The first-order valence-corrected chi connectivity index (χ1v) is 7.22. The van der Waals surface area contributed by atoms with E-state index in [1.54, 1.807) is 12.3 Å². The molecule has 0 spiro atoms. The summed E-state index contributed by atoms with van der Waals surface area (Å²) >= 11 is 0. The van der Waals surface area contributed by atoms with Crippen molar-refractivity contribution in [3.8, 4) is 0 Å². The zero-order valence-electron chi connectivity index (χ0n) is 12.2. The molecule has 20 heavy (non-hydrogen) atoms. The fraction of sp³-hybridized carbons (Fsp3) is 0.438. The summed E-state index contributed by atoms with van der Waals surface area (Å²) in [4.78, 5) is 4.29. The maximum absolute atomic E-state index is 14.1. The Kier molecular flexibility index (Phi) is 5.30. The van der Waals surface area contributed by atoms with E-state index in [0.29, 0.717) is 18.5 Å². The van der Waals surface area contributed by atoms with Gasteiger partial charge in [0.25, 0.3) is 0 Å². The molecule has 0 saturated carbocycles. The predicted molar refractivity (Wildman–Crippen MR) is 79.1 cm³/mol. The van der Waals surface area contributed by atoms with E-state index in [1.807, 2.05) is 22.9 Å². The molecule has 0 bridgehead atoms. The fourth-order valence-electron chi connectivity index (χ4n) is 2.22. The summed E-state index contributed by atoms with van der Waals surface area (Å²) in [5.41, 5.74) is 1.68. The lowest BCUT2D eigenvalue weighted by atomic mass is 10.1. The molecule has 3 nitrogen and oxygen atoms in total. The number of halogens is 1. The number of hydrogen-bond donors (Lipinski definition) is 1. The quantitative estimate of drug-likeness (QED) is 0.787. The van der Waals surface area contributed by atoms with Gasteiger partial charge in [0.05, 0.1) is 0 Å². The van der Waals surface area contributed by atoms with Crippen LogP contribution in [0.1, 0.15) is 37.2 Å². The van der Waals surface area contributed by atoms with Crippen molar-refractivity contribution in [3.63, 3.8) is 0 Å². The molecule has 2 rings (SSSR count). The van der Waals surface area contributed by atoms with Crippen molar-refractivity contribution in [1.29, 1.82) is 0 Å². The van der Waals surface area contributed by atoms with Crippen LogP contribution in [0.25, 0.3) is 0 Å². The first-order chi connectivity index (χ1) is 9.74. The molecule has 0 aliphatic carbocycles. The summed E-state index contributed by atoms with van der Waals surface area (Å²) in [6.45, 7) is 6.71. The van der Waals surface area contributed by atoms with Gasteiger partial charge in [-0.05, 0) is 37.1 Å². The molecule has 0 atom stereocenters. The average molecular weight is 275 g/mol. The Bertz CT molecular complexity index is 548. The summed E-state index contributed by atoms with van der Waals surface area (Å²) in [5.74, 6) is 0.759. The normalized spacial score (nSPS) is 10.9. The van der Waals surface area contributed by atoms with Gasteiger partial charge in [0.2, 0.25) is 0 Å². The molecular formula is C16H22FN3. The number of imidazole rings is 1. The maximum Gasteiger partial charge on any atom is 0.127 e. The topological polar surface area (TPSA) is 29.9 Å². The van der Waals surface area contributed by atoms with Crippen molar-refractivity contribution in [2.24, 2.45) is 0 Å². The van der Waals surface area contributed by atoms with Crippen LogP contribution in [0.4, 0.5) is 4.39 Å². The van der Waals surface area contributed by atoms with Crippen LogP contribution in [-0.2, 0) is 19.5 Å². The van der Waals surface area contributed by atoms with Crippen LogP contribution >= 0.6 is 0 Å². The van der Waals surface area contributed by atoms with Crippen molar-refractivity contribution in [2.45, 2.75) is 39.8 Å². The zero-order chi connectivity index (χ0) is 14.4. The second kappa shape index (κ2) is 7.20. The van der Waals surface area contributed by atoms with Crippen LogP contribution in [0.2, 0.25) is 0 Å². The van der Waals surface area contributed by atoms with E-state index in [9.17, 15) is 4.39 Å². The standard InChI is InChI=1S/C16H22FN3/c1-3-7-18-12-13-5-6-14(15(17)10-13)11-16-19-8-9-20(16)4-2/h5-6,8-10,18H,3-4,7,11-12H2,1-2H3. The third-order valence-electron chi connectivity index (χ3n) is 3.36. The van der Waals surface area contributed by atoms with Crippen LogP contribution in [0, 0.1) is 5.82 Å². The van der Waals surface area contributed by atoms with Crippen molar-refractivity contribution >= 4 is 0 Å². The first-order valence-electron chi connectivity index (χ1n) is 7.22. The Morgan fingerprint density at radius 1 is 1.30 bits per heavy atom. The highest BCUT2D eigenvalue weighted by Crippen LogP contribution is 2.14. The van der Waals surface area contributed by atoms with Gasteiger partial charge in [-0.15, -0.1) is 0 Å². The fourth-order valence-corrected chi connectivity index (χ4v) is 2.22. The Hall–Kier alpha value is -1.68. The molecule has 0 aliphatic rings. The molecule has 0 saturated heterocycles. The number of nitrogens with one attached hydrogen (secondary N) is 1. The van der Waals surface area contributed by atoms with E-state index in [-0.39, 0.29) is 5.82 Å². The van der Waals surface area contributed by atoms with E-state index in [0.717, 1.165) is 30.9 Å². The average Bonchev–Trinajstić information content (AvgIpc) is 2.89. The molecule has 0 aliphatic heterocycles. The summed E-state index contributed by atoms with van der Waals surface area (Å²) in [6, 6.07) is 5.48. The van der Waals surface area contributed by atoms with Crippen LogP contribution in [0.15, 0.2) is 30.6 Å². The van der Waals surface area contributed by atoms with Gasteiger partial charge in [-0.3, -0.25) is 0 Å². The lowest BCUT2D eigenvalue weighted by Gasteiger charge is -2.08. The van der Waals surface area contributed by atoms with Gasteiger partial charge in [0.15, 0.2) is 0 Å². The van der Waals surface area contributed by atoms with Crippen molar-refractivity contribution < 1.29 is 4.39 Å². The van der Waals surface area contributed by atoms with Crippen molar-refractivity contribution in [3.05, 3.63) is 53.4 Å². The number of rotatable bonds is 7. The molecule has 1 aromatic heterocycles. The highest BCUT2D eigenvalue weighted by Gasteiger charge is 2.08. The van der Waals surface area contributed by atoms with Crippen LogP contribution < -0.4 is 5.32 Å². The molecule has 1 aromatic carbocycles. The summed E-state index contributed by atoms with van der Waals surface area (Å²) in [6.07, 6.45) is 5.31. The minimum atomic E-state index is -0.147. The molecule has 4 heteroatoms. The number of aromatic nitrogens is 2. The van der Waals surface area contributed by atoms with Gasteiger partial charge in [-0.1, -0.05) is 19.1 Å². The molecule has 0 unspecified atom stereocenters. The molecule has 2 aromatic rings. The van der Waals surface area contributed by atoms with Crippen LogP contribution in [0.3, 0.4) is 0 Å². The van der Waals surface area contributed by atoms with E-state index in [4.69, 9.17) is 0 Å². The molecule has 0 amide bonds. The van der Waals surface area contributed by atoms with Gasteiger partial charge >= 0.3 is 0 Å². The smallest absolute Gasteiger partial charge is 0.127 e. The zero-order valence-corrected chi connectivity index (χ0v) is 12.2. The minimum Gasteiger partial charge on any atom is -0.335 e. The van der Waals surface area contributed by atoms with E-state index < -0.39 is 0 Å². The van der Waals surface area contributed by atoms with Gasteiger partial charge in [-0.25, -0.2) is 9.37 Å². The number of benzene rings is 1. The van der Waals surface area contributed by atoms with E-state index in [1.165, 1.54) is 0 Å². The lowest BCUT2D eigenvalue weighted by Crippen LogP contribution is -2.14. The van der Waals surface area contributed by atoms with Crippen molar-refractivity contribution in [2.75, 3.05) is 6.54 Å². The minimum absolute atomic E-state index is 0.147. The Labute approximate surface area is 119 Å². The molecule has 1 N–H and O–H groups in total. The number of aryl methyl sites for hydroxylation is 1. The Balaban J connectivity index is 2.06. The lowest BCUT2D eigenvalue weighted by molar-refractivity contribution is 0.601. The maximum atomic E-state index is 14.1. The first kappa shape index (κ1) is 14.7. The van der Waals surface area contributed by atoms with Gasteiger partial charge in [-0.2, -0.15) is 0 Å². The second-order valence-corrected chi connectivity index (χ2v) is 4.91. The highest BCUT2D eigenvalue weighted by molar-refractivity contribution is 5.27. The monoisotopic (exact) mass is 275 g/mol. The summed E-state index contributed by atoms with van der Waals surface area (Å²) in [7, 11) is 0. The predicted octanol–water partition coefficient (Wildman–Crippen LogP) is 3.13. The number of nitrogens with zero attached hydrogens (tertiary/aromatic N) is 2. The third-order valence-corrected chi connectivity index (χ3v) is 3.36. The van der Waals surface area contributed by atoms with Gasteiger partial charge < -0.3 is 9.88 Å². The SMILES string of the molecule is CCCNCc1ccc(Cc2nccn2CC)c(F)c1.